The smallest absolute Gasteiger partial charge is 0.296 e. The van der Waals surface area contributed by atoms with E-state index in [2.05, 4.69) is 0 Å². The van der Waals surface area contributed by atoms with Gasteiger partial charge in [0.1, 0.15) is 4.90 Å². The van der Waals surface area contributed by atoms with E-state index in [-0.39, 0.29) is 27.6 Å². The average Bonchev–Trinajstić information content (AvgIpc) is 2.36. The predicted octanol–water partition coefficient (Wildman–Crippen LogP) is -0.134. The Morgan fingerprint density at radius 1 is 1.05 bits per heavy atom. The lowest BCUT2D eigenvalue weighted by Crippen LogP contribution is -2.18. The zero-order valence-corrected chi connectivity index (χ0v) is 11.3. The van der Waals surface area contributed by atoms with Crippen LogP contribution in [0.5, 0.6) is 0 Å². The minimum absolute atomic E-state index is 0.0325. The van der Waals surface area contributed by atoms with Crippen molar-refractivity contribution < 1.29 is 22.6 Å². The Balaban J connectivity index is 3.12. The molecule has 9 heteroatoms. The van der Waals surface area contributed by atoms with E-state index in [1.165, 1.54) is 18.2 Å². The molecule has 2 aromatic carbocycles. The molecule has 0 atom stereocenters. The molecule has 0 radical (unpaired) electrons. The third kappa shape index (κ3) is 2.39. The monoisotopic (exact) mass is 309 g/mol. The topological polar surface area (TPSA) is 167 Å². The summed E-state index contributed by atoms with van der Waals surface area (Å²) in [5.41, 5.74) is 15.5. The molecule has 0 spiro atoms. The molecule has 8 nitrogen and oxygen atoms in total. The van der Waals surface area contributed by atoms with Crippen molar-refractivity contribution in [1.82, 2.24) is 0 Å². The first-order chi connectivity index (χ1) is 9.64. The van der Waals surface area contributed by atoms with Crippen molar-refractivity contribution in [2.75, 3.05) is 5.73 Å². The Hall–Kier alpha value is -2.65. The van der Waals surface area contributed by atoms with Crippen LogP contribution in [-0.4, -0.2) is 24.8 Å². The van der Waals surface area contributed by atoms with Gasteiger partial charge in [0, 0.05) is 21.9 Å². The van der Waals surface area contributed by atoms with E-state index in [9.17, 15) is 18.0 Å². The Morgan fingerprint density at radius 3 is 2.10 bits per heavy atom. The van der Waals surface area contributed by atoms with E-state index in [1.54, 1.807) is 0 Å². The van der Waals surface area contributed by atoms with Crippen molar-refractivity contribution in [3.05, 3.63) is 35.4 Å². The molecule has 0 aliphatic rings. The SMILES string of the molecule is NC(=O)c1cccc2c(N)c(S(=O)(=O)O)cc(C(N)=O)c12. The van der Waals surface area contributed by atoms with E-state index in [0.29, 0.717) is 0 Å². The highest BCUT2D eigenvalue weighted by atomic mass is 32.2. The number of amides is 2. The Kier molecular flexibility index (Phi) is 3.32. The van der Waals surface area contributed by atoms with Crippen LogP contribution in [0.1, 0.15) is 20.7 Å². The normalized spacial score (nSPS) is 11.5. The number of anilines is 1. The van der Waals surface area contributed by atoms with Crippen molar-refractivity contribution >= 4 is 38.4 Å². The number of carbonyl (C=O) groups excluding carboxylic acids is 2. The fraction of sp³-hybridized carbons (Fsp3) is 0. The summed E-state index contributed by atoms with van der Waals surface area (Å²) >= 11 is 0. The minimum Gasteiger partial charge on any atom is -0.397 e. The number of fused-ring (bicyclic) bond motifs is 1. The highest BCUT2D eigenvalue weighted by Crippen LogP contribution is 2.33. The molecule has 0 aliphatic heterocycles. The van der Waals surface area contributed by atoms with Crippen LogP contribution < -0.4 is 17.2 Å². The molecule has 2 amide bonds. The molecule has 2 rings (SSSR count). The van der Waals surface area contributed by atoms with Gasteiger partial charge in [-0.15, -0.1) is 0 Å². The number of hydrogen-bond donors (Lipinski definition) is 4. The van der Waals surface area contributed by atoms with Gasteiger partial charge >= 0.3 is 0 Å². The van der Waals surface area contributed by atoms with E-state index >= 15 is 0 Å². The molecule has 0 fully saturated rings. The van der Waals surface area contributed by atoms with Crippen LogP contribution in [0.2, 0.25) is 0 Å². The van der Waals surface area contributed by atoms with Crippen LogP contribution >= 0.6 is 0 Å². The summed E-state index contributed by atoms with van der Waals surface area (Å²) in [6.45, 7) is 0. The molecule has 0 aliphatic carbocycles. The van der Waals surface area contributed by atoms with Crippen LogP contribution in [0.25, 0.3) is 10.8 Å². The van der Waals surface area contributed by atoms with E-state index < -0.39 is 26.8 Å². The molecule has 21 heavy (non-hydrogen) atoms. The second-order valence-electron chi connectivity index (χ2n) is 4.27. The lowest BCUT2D eigenvalue weighted by molar-refractivity contribution is 0.0998. The second kappa shape index (κ2) is 4.72. The third-order valence-electron chi connectivity index (χ3n) is 2.97. The van der Waals surface area contributed by atoms with Gasteiger partial charge in [0.05, 0.1) is 5.69 Å². The van der Waals surface area contributed by atoms with Crippen LogP contribution in [0.3, 0.4) is 0 Å². The number of primary amides is 2. The number of nitrogens with two attached hydrogens (primary N) is 3. The summed E-state index contributed by atoms with van der Waals surface area (Å²) in [5.74, 6) is -1.82. The maximum Gasteiger partial charge on any atom is 0.296 e. The Labute approximate surface area is 119 Å². The molecule has 0 saturated heterocycles. The highest BCUT2D eigenvalue weighted by Gasteiger charge is 2.23. The largest absolute Gasteiger partial charge is 0.397 e. The molecule has 0 heterocycles. The summed E-state index contributed by atoms with van der Waals surface area (Å²) in [6, 6.07) is 4.97. The molecular weight excluding hydrogens is 298 g/mol. The predicted molar refractivity (Wildman–Crippen MR) is 75.2 cm³/mol. The number of hydrogen-bond acceptors (Lipinski definition) is 5. The van der Waals surface area contributed by atoms with Gasteiger partial charge in [0.25, 0.3) is 10.1 Å². The molecule has 0 saturated carbocycles. The van der Waals surface area contributed by atoms with Gasteiger partial charge in [0.2, 0.25) is 11.8 Å². The van der Waals surface area contributed by atoms with Gasteiger partial charge in [-0.1, -0.05) is 12.1 Å². The van der Waals surface area contributed by atoms with Gasteiger partial charge in [-0.05, 0) is 12.1 Å². The zero-order valence-electron chi connectivity index (χ0n) is 10.5. The van der Waals surface area contributed by atoms with Gasteiger partial charge < -0.3 is 17.2 Å². The van der Waals surface area contributed by atoms with Crippen LogP contribution in [0, 0.1) is 0 Å². The Bertz CT molecular complexity index is 889. The minimum atomic E-state index is -4.66. The fourth-order valence-corrected chi connectivity index (χ4v) is 2.75. The fourth-order valence-electron chi connectivity index (χ4n) is 2.09. The molecule has 0 aromatic heterocycles. The molecule has 0 bridgehead atoms. The molecule has 2 aromatic rings. The maximum absolute atomic E-state index is 11.5. The standard InChI is InChI=1S/C12H11N3O5S/c13-10-5-2-1-3-6(11(14)16)9(5)7(12(15)17)4-8(10)21(18,19)20/h1-4H,13H2,(H2,14,16)(H2,15,17)(H,18,19,20). The summed E-state index contributed by atoms with van der Waals surface area (Å²) in [5, 5.41) is 0.123. The molecule has 0 unspecified atom stereocenters. The van der Waals surface area contributed by atoms with Crippen LogP contribution in [0.15, 0.2) is 29.2 Å². The van der Waals surface area contributed by atoms with Crippen molar-refractivity contribution in [2.24, 2.45) is 11.5 Å². The first-order valence-electron chi connectivity index (χ1n) is 5.57. The third-order valence-corrected chi connectivity index (χ3v) is 3.87. The van der Waals surface area contributed by atoms with E-state index in [1.807, 2.05) is 0 Å². The van der Waals surface area contributed by atoms with Crippen molar-refractivity contribution in [3.63, 3.8) is 0 Å². The van der Waals surface area contributed by atoms with Crippen LogP contribution in [-0.2, 0) is 10.1 Å². The lowest BCUT2D eigenvalue weighted by atomic mass is 9.97. The van der Waals surface area contributed by atoms with Crippen LogP contribution in [0.4, 0.5) is 5.69 Å². The summed E-state index contributed by atoms with van der Waals surface area (Å²) < 4.78 is 31.8. The molecular formula is C12H11N3O5S. The molecule has 110 valence electrons. The zero-order chi connectivity index (χ0) is 15.9. The van der Waals surface area contributed by atoms with Crippen molar-refractivity contribution in [1.29, 1.82) is 0 Å². The van der Waals surface area contributed by atoms with Gasteiger partial charge in [-0.2, -0.15) is 8.42 Å². The lowest BCUT2D eigenvalue weighted by Gasteiger charge is -2.12. The van der Waals surface area contributed by atoms with E-state index in [4.69, 9.17) is 21.8 Å². The number of nitrogen functional groups attached to an aromatic ring is 1. The average molecular weight is 309 g/mol. The van der Waals surface area contributed by atoms with Crippen molar-refractivity contribution in [2.45, 2.75) is 4.90 Å². The highest BCUT2D eigenvalue weighted by molar-refractivity contribution is 7.86. The number of rotatable bonds is 3. The number of benzene rings is 2. The van der Waals surface area contributed by atoms with Gasteiger partial charge in [-0.25, -0.2) is 0 Å². The first-order valence-corrected chi connectivity index (χ1v) is 7.01. The summed E-state index contributed by atoms with van der Waals surface area (Å²) in [6.07, 6.45) is 0. The van der Waals surface area contributed by atoms with E-state index in [0.717, 1.165) is 6.07 Å². The first kappa shape index (κ1) is 14.8. The quantitative estimate of drug-likeness (QED) is 0.455. The summed E-state index contributed by atoms with van der Waals surface area (Å²) in [4.78, 5) is 22.3. The second-order valence-corrected chi connectivity index (χ2v) is 5.66. The summed E-state index contributed by atoms with van der Waals surface area (Å²) in [7, 11) is -4.66. The Morgan fingerprint density at radius 2 is 1.62 bits per heavy atom. The molecule has 7 N–H and O–H groups in total. The van der Waals surface area contributed by atoms with Gasteiger partial charge in [0.15, 0.2) is 0 Å². The van der Waals surface area contributed by atoms with Crippen molar-refractivity contribution in [3.8, 4) is 0 Å². The number of carbonyl (C=O) groups is 2. The maximum atomic E-state index is 11.5. The van der Waals surface area contributed by atoms with Gasteiger partial charge in [-0.3, -0.25) is 14.1 Å².